The fraction of sp³-hybridized carbons (Fsp3) is 0.214. The Kier molecular flexibility index (Phi) is 3.06. The van der Waals surface area contributed by atoms with E-state index in [1.165, 1.54) is 0 Å². The fourth-order valence-corrected chi connectivity index (χ4v) is 2.62. The zero-order valence-corrected chi connectivity index (χ0v) is 11.9. The van der Waals surface area contributed by atoms with Crippen LogP contribution in [0.25, 0.3) is 10.9 Å². The number of para-hydroxylation sites is 1. The van der Waals surface area contributed by atoms with Gasteiger partial charge < -0.3 is 5.32 Å². The van der Waals surface area contributed by atoms with Crippen molar-refractivity contribution in [2.24, 2.45) is 4.99 Å². The summed E-state index contributed by atoms with van der Waals surface area (Å²) >= 11 is 3.49. The summed E-state index contributed by atoms with van der Waals surface area (Å²) in [5.74, 6) is 0.494. The van der Waals surface area contributed by atoms with E-state index in [9.17, 15) is 4.79 Å². The number of nitrogens with zero attached hydrogens (tertiary/aromatic N) is 2. The van der Waals surface area contributed by atoms with Crippen molar-refractivity contribution in [2.75, 3.05) is 0 Å². The summed E-state index contributed by atoms with van der Waals surface area (Å²) < 4.78 is 0.835. The van der Waals surface area contributed by atoms with Gasteiger partial charge in [0.1, 0.15) is 11.7 Å². The van der Waals surface area contributed by atoms with Gasteiger partial charge >= 0.3 is 0 Å². The lowest BCUT2D eigenvalue weighted by Crippen LogP contribution is -2.29. The molecule has 1 aliphatic heterocycles. The number of rotatable bonds is 2. The first-order valence-corrected chi connectivity index (χ1v) is 6.92. The largest absolute Gasteiger partial charge is 0.307 e. The molecule has 5 heteroatoms. The quantitative estimate of drug-likeness (QED) is 0.925. The monoisotopic (exact) mass is 317 g/mol. The van der Waals surface area contributed by atoms with Gasteiger partial charge in [-0.3, -0.25) is 9.79 Å². The number of aliphatic imine (C=N–C) groups is 1. The van der Waals surface area contributed by atoms with Crippen LogP contribution in [0, 0.1) is 0 Å². The smallest absolute Gasteiger partial charge is 0.250 e. The minimum Gasteiger partial charge on any atom is -0.307 e. The highest BCUT2D eigenvalue weighted by atomic mass is 79.9. The van der Waals surface area contributed by atoms with E-state index >= 15 is 0 Å². The van der Waals surface area contributed by atoms with E-state index in [0.717, 1.165) is 15.4 Å². The van der Waals surface area contributed by atoms with Crippen molar-refractivity contribution in [3.05, 3.63) is 40.5 Å². The number of carbonyl (C=O) groups excluding carboxylic acids is 1. The number of hydrogen-bond donors (Lipinski definition) is 1. The van der Waals surface area contributed by atoms with E-state index in [-0.39, 0.29) is 11.9 Å². The molecule has 0 aliphatic carbocycles. The molecule has 1 aromatic heterocycles. The lowest BCUT2D eigenvalue weighted by Gasteiger charge is -2.05. The van der Waals surface area contributed by atoms with Gasteiger partial charge in [0, 0.05) is 9.86 Å². The van der Waals surface area contributed by atoms with Gasteiger partial charge in [-0.2, -0.15) is 0 Å². The Balaban J connectivity index is 2.11. The Bertz CT molecular complexity index is 696. The predicted octanol–water partition coefficient (Wildman–Crippen LogP) is 2.65. The maximum Gasteiger partial charge on any atom is 0.250 e. The van der Waals surface area contributed by atoms with Crippen molar-refractivity contribution in [3.63, 3.8) is 0 Å². The number of hydrogen-bond acceptors (Lipinski definition) is 3. The van der Waals surface area contributed by atoms with Crippen LogP contribution in [0.5, 0.6) is 0 Å². The number of amides is 1. The molecule has 1 N–H and O–H groups in total. The van der Waals surface area contributed by atoms with Crippen molar-refractivity contribution in [1.29, 1.82) is 0 Å². The molecule has 0 fully saturated rings. The molecule has 1 unspecified atom stereocenters. The van der Waals surface area contributed by atoms with Crippen LogP contribution < -0.4 is 5.32 Å². The van der Waals surface area contributed by atoms with Gasteiger partial charge in [-0.05, 0) is 34.5 Å². The van der Waals surface area contributed by atoms with Crippen LogP contribution in [0.3, 0.4) is 0 Å². The van der Waals surface area contributed by atoms with Gasteiger partial charge in [0.25, 0.3) is 0 Å². The maximum absolute atomic E-state index is 11.7. The number of amidine groups is 1. The molecule has 0 bridgehead atoms. The highest BCUT2D eigenvalue weighted by molar-refractivity contribution is 9.10. The van der Waals surface area contributed by atoms with Gasteiger partial charge in [0.15, 0.2) is 5.84 Å². The molecule has 0 saturated carbocycles. The lowest BCUT2D eigenvalue weighted by molar-refractivity contribution is -0.120. The highest BCUT2D eigenvalue weighted by Crippen LogP contribution is 2.23. The summed E-state index contributed by atoms with van der Waals surface area (Å²) in [7, 11) is 0. The SMILES string of the molecule is CCC1N=C(c2nc3ccccc3cc2Br)NC1=O. The molecular formula is C14H12BrN3O. The summed E-state index contributed by atoms with van der Waals surface area (Å²) in [5, 5.41) is 3.85. The van der Waals surface area contributed by atoms with E-state index in [1.54, 1.807) is 0 Å². The van der Waals surface area contributed by atoms with Crippen LogP contribution in [-0.4, -0.2) is 22.8 Å². The average Bonchev–Trinajstić information content (AvgIpc) is 2.79. The summed E-state index contributed by atoms with van der Waals surface area (Å²) in [6.07, 6.45) is 0.695. The second-order valence-electron chi connectivity index (χ2n) is 4.40. The number of halogens is 1. The van der Waals surface area contributed by atoms with E-state index in [2.05, 4.69) is 31.2 Å². The number of fused-ring (bicyclic) bond motifs is 1. The fourth-order valence-electron chi connectivity index (χ4n) is 2.10. The molecule has 2 heterocycles. The molecule has 0 spiro atoms. The third-order valence-corrected chi connectivity index (χ3v) is 3.72. The molecule has 19 heavy (non-hydrogen) atoms. The molecule has 2 aromatic rings. The van der Waals surface area contributed by atoms with Gasteiger partial charge in [0.05, 0.1) is 5.52 Å². The van der Waals surface area contributed by atoms with Crippen molar-refractivity contribution in [2.45, 2.75) is 19.4 Å². The van der Waals surface area contributed by atoms with E-state index in [1.807, 2.05) is 37.3 Å². The van der Waals surface area contributed by atoms with Crippen molar-refractivity contribution >= 4 is 38.6 Å². The van der Waals surface area contributed by atoms with E-state index < -0.39 is 0 Å². The Morgan fingerprint density at radius 3 is 2.89 bits per heavy atom. The Labute approximate surface area is 119 Å². The first-order valence-electron chi connectivity index (χ1n) is 6.13. The summed E-state index contributed by atoms with van der Waals surface area (Å²) in [4.78, 5) is 20.7. The normalized spacial score (nSPS) is 18.5. The molecule has 0 radical (unpaired) electrons. The minimum absolute atomic E-state index is 0.0561. The molecule has 1 atom stereocenters. The molecule has 96 valence electrons. The molecule has 0 saturated heterocycles. The zero-order chi connectivity index (χ0) is 13.4. The van der Waals surface area contributed by atoms with Crippen molar-refractivity contribution < 1.29 is 4.79 Å². The maximum atomic E-state index is 11.7. The third kappa shape index (κ3) is 2.14. The van der Waals surface area contributed by atoms with Crippen LogP contribution in [0.1, 0.15) is 19.0 Å². The third-order valence-electron chi connectivity index (χ3n) is 3.12. The van der Waals surface area contributed by atoms with E-state index in [0.29, 0.717) is 18.0 Å². The highest BCUT2D eigenvalue weighted by Gasteiger charge is 2.27. The standard InChI is InChI=1S/C14H12BrN3O/c1-2-10-14(19)18-13(17-10)12-9(15)7-8-5-3-4-6-11(8)16-12/h3-7,10H,2H2,1H3,(H,17,18,19). The van der Waals surface area contributed by atoms with Crippen LogP contribution in [0.15, 0.2) is 39.8 Å². The number of benzene rings is 1. The molecule has 4 nitrogen and oxygen atoms in total. The van der Waals surface area contributed by atoms with Gasteiger partial charge in [-0.25, -0.2) is 4.98 Å². The van der Waals surface area contributed by atoms with Crippen molar-refractivity contribution in [3.8, 4) is 0 Å². The number of carbonyl (C=O) groups is 1. The summed E-state index contributed by atoms with van der Waals surface area (Å²) in [5.41, 5.74) is 1.57. The number of aromatic nitrogens is 1. The molecule has 1 aromatic carbocycles. The molecule has 1 aliphatic rings. The molecule has 1 amide bonds. The lowest BCUT2D eigenvalue weighted by atomic mass is 10.2. The average molecular weight is 318 g/mol. The number of nitrogens with one attached hydrogen (secondary N) is 1. The van der Waals surface area contributed by atoms with E-state index in [4.69, 9.17) is 0 Å². The van der Waals surface area contributed by atoms with Crippen LogP contribution >= 0.6 is 15.9 Å². The van der Waals surface area contributed by atoms with Gasteiger partial charge in [-0.1, -0.05) is 25.1 Å². The van der Waals surface area contributed by atoms with Crippen LogP contribution in [0.4, 0.5) is 0 Å². The Hall–Kier alpha value is -1.75. The second-order valence-corrected chi connectivity index (χ2v) is 5.26. The molecular weight excluding hydrogens is 306 g/mol. The topological polar surface area (TPSA) is 54.4 Å². The Morgan fingerprint density at radius 1 is 1.37 bits per heavy atom. The first kappa shape index (κ1) is 12.3. The molecule has 3 rings (SSSR count). The van der Waals surface area contributed by atoms with Crippen molar-refractivity contribution in [1.82, 2.24) is 10.3 Å². The predicted molar refractivity (Wildman–Crippen MR) is 78.2 cm³/mol. The summed E-state index contributed by atoms with van der Waals surface area (Å²) in [6, 6.07) is 9.55. The second kappa shape index (κ2) is 4.74. The van der Waals surface area contributed by atoms with Gasteiger partial charge in [0.2, 0.25) is 5.91 Å². The Morgan fingerprint density at radius 2 is 2.16 bits per heavy atom. The minimum atomic E-state index is -0.296. The summed E-state index contributed by atoms with van der Waals surface area (Å²) in [6.45, 7) is 1.94. The van der Waals surface area contributed by atoms with Gasteiger partial charge in [-0.15, -0.1) is 0 Å². The van der Waals surface area contributed by atoms with Crippen LogP contribution in [-0.2, 0) is 4.79 Å². The first-order chi connectivity index (χ1) is 9.19. The number of pyridine rings is 1. The zero-order valence-electron chi connectivity index (χ0n) is 10.4. The van der Waals surface area contributed by atoms with Crippen LogP contribution in [0.2, 0.25) is 0 Å².